The third-order valence-electron chi connectivity index (χ3n) is 1.36. The Morgan fingerprint density at radius 2 is 1.92 bits per heavy atom. The molecular formula is C10H10OS. The molecule has 2 heteroatoms. The Morgan fingerprint density at radius 3 is 2.75 bits per heavy atom. The Bertz CT molecular complexity index is 306. The molecular weight excluding hydrogens is 168 g/mol. The second-order valence-corrected chi connectivity index (χ2v) is 3.94. The van der Waals surface area contributed by atoms with Crippen LogP contribution in [0.2, 0.25) is 0 Å². The summed E-state index contributed by atoms with van der Waals surface area (Å²) in [5, 5.41) is 0. The Kier molecular flexibility index (Phi) is 4.27. The van der Waals surface area contributed by atoms with E-state index in [0.717, 1.165) is 18.6 Å². The lowest BCUT2D eigenvalue weighted by atomic mass is 10.3. The summed E-state index contributed by atoms with van der Waals surface area (Å²) in [7, 11) is -0.770. The molecule has 62 valence electrons. The molecule has 1 aliphatic rings. The average Bonchev–Trinajstić information content (AvgIpc) is 2.11. The molecule has 0 amide bonds. The smallest absolute Gasteiger partial charge is 0.0850 e. The van der Waals surface area contributed by atoms with E-state index in [1.54, 1.807) is 12.2 Å². The van der Waals surface area contributed by atoms with Crippen molar-refractivity contribution in [2.24, 2.45) is 0 Å². The normalized spacial score (nSPS) is 25.2. The molecule has 0 radical (unpaired) electrons. The topological polar surface area (TPSA) is 17.1 Å². The minimum atomic E-state index is -0.770. The third-order valence-corrected chi connectivity index (χ3v) is 2.57. The maximum atomic E-state index is 11.1. The van der Waals surface area contributed by atoms with Crippen LogP contribution < -0.4 is 0 Å². The Balaban J connectivity index is 2.59. The highest BCUT2D eigenvalue weighted by molar-refractivity contribution is 7.85. The van der Waals surface area contributed by atoms with E-state index >= 15 is 0 Å². The highest BCUT2D eigenvalue weighted by Gasteiger charge is 1.95. The molecule has 0 aromatic rings. The van der Waals surface area contributed by atoms with Crippen molar-refractivity contribution in [3.8, 4) is 23.7 Å². The lowest BCUT2D eigenvalue weighted by Gasteiger charge is -1.92. The zero-order valence-electron chi connectivity index (χ0n) is 6.80. The number of hydrogen-bond donors (Lipinski definition) is 0. The van der Waals surface area contributed by atoms with Crippen molar-refractivity contribution < 1.29 is 4.21 Å². The molecule has 1 heterocycles. The van der Waals surface area contributed by atoms with E-state index in [1.165, 1.54) is 0 Å². The molecule has 0 saturated carbocycles. The van der Waals surface area contributed by atoms with E-state index in [9.17, 15) is 4.21 Å². The largest absolute Gasteiger partial charge is 0.259 e. The zero-order chi connectivity index (χ0) is 8.65. The first-order valence-corrected chi connectivity index (χ1v) is 5.35. The minimum absolute atomic E-state index is 0.490. The molecule has 0 N–H and O–H groups in total. The quantitative estimate of drug-likeness (QED) is 0.507. The first-order valence-electron chi connectivity index (χ1n) is 3.86. The van der Waals surface area contributed by atoms with Gasteiger partial charge < -0.3 is 0 Å². The Hall–Kier alpha value is -0.990. The fourth-order valence-corrected chi connectivity index (χ4v) is 1.64. The molecule has 0 bridgehead atoms. The van der Waals surface area contributed by atoms with Gasteiger partial charge in [0.15, 0.2) is 0 Å². The zero-order valence-corrected chi connectivity index (χ0v) is 7.62. The van der Waals surface area contributed by atoms with E-state index in [1.807, 2.05) is 0 Å². The van der Waals surface area contributed by atoms with Gasteiger partial charge in [0, 0.05) is 23.0 Å². The summed E-state index contributed by atoms with van der Waals surface area (Å²) < 4.78 is 11.1. The molecule has 1 rings (SSSR count). The van der Waals surface area contributed by atoms with Crippen LogP contribution in [-0.4, -0.2) is 15.7 Å². The fraction of sp³-hybridized carbons (Fsp3) is 0.400. The van der Waals surface area contributed by atoms with Gasteiger partial charge in [-0.25, -0.2) is 0 Å². The maximum absolute atomic E-state index is 11.1. The van der Waals surface area contributed by atoms with Crippen LogP contribution in [0.3, 0.4) is 0 Å². The van der Waals surface area contributed by atoms with Gasteiger partial charge in [-0.15, -0.1) is 0 Å². The summed E-state index contributed by atoms with van der Waals surface area (Å²) in [6.07, 6.45) is 5.18. The molecule has 0 aliphatic carbocycles. The van der Waals surface area contributed by atoms with Gasteiger partial charge in [0.1, 0.15) is 0 Å². The number of allylic oxidation sites excluding steroid dienone is 2. The van der Waals surface area contributed by atoms with Gasteiger partial charge in [0.05, 0.1) is 5.75 Å². The maximum Gasteiger partial charge on any atom is 0.0850 e. The Labute approximate surface area is 75.7 Å². The van der Waals surface area contributed by atoms with Gasteiger partial charge in [0.25, 0.3) is 0 Å². The average molecular weight is 178 g/mol. The van der Waals surface area contributed by atoms with Crippen LogP contribution >= 0.6 is 0 Å². The lowest BCUT2D eigenvalue weighted by molar-refractivity contribution is 0.683. The van der Waals surface area contributed by atoms with Crippen LogP contribution in [0.25, 0.3) is 0 Å². The highest BCUT2D eigenvalue weighted by atomic mass is 32.2. The summed E-state index contributed by atoms with van der Waals surface area (Å²) in [6, 6.07) is 0. The van der Waals surface area contributed by atoms with Crippen LogP contribution in [0, 0.1) is 23.7 Å². The van der Waals surface area contributed by atoms with Crippen molar-refractivity contribution >= 4 is 10.8 Å². The van der Waals surface area contributed by atoms with E-state index in [2.05, 4.69) is 23.7 Å². The van der Waals surface area contributed by atoms with Crippen LogP contribution in [0.15, 0.2) is 12.2 Å². The first kappa shape index (κ1) is 9.10. The molecule has 0 spiro atoms. The standard InChI is InChI=1S/C10H10OS/c11-12-9-7-5-3-1-2-4-6-8-10-12/h1,3H,6,8-10H2/b3-1-. The van der Waals surface area contributed by atoms with Gasteiger partial charge >= 0.3 is 0 Å². The van der Waals surface area contributed by atoms with Crippen molar-refractivity contribution in [1.82, 2.24) is 0 Å². The SMILES string of the molecule is O=S1CC#C/C=C\C#CCCC1. The molecule has 0 fully saturated rings. The monoisotopic (exact) mass is 178 g/mol. The predicted molar refractivity (Wildman–Crippen MR) is 51.8 cm³/mol. The van der Waals surface area contributed by atoms with E-state index in [0.29, 0.717) is 5.75 Å². The van der Waals surface area contributed by atoms with Gasteiger partial charge in [0.2, 0.25) is 0 Å². The molecule has 0 aromatic carbocycles. The molecule has 0 aromatic heterocycles. The first-order chi connectivity index (χ1) is 5.89. The summed E-state index contributed by atoms with van der Waals surface area (Å²) in [5.41, 5.74) is 0. The fourth-order valence-electron chi connectivity index (χ4n) is 0.789. The van der Waals surface area contributed by atoms with Gasteiger partial charge in [-0.1, -0.05) is 23.7 Å². The summed E-state index contributed by atoms with van der Waals surface area (Å²) >= 11 is 0. The number of hydrogen-bond acceptors (Lipinski definition) is 1. The van der Waals surface area contributed by atoms with Crippen LogP contribution in [0.4, 0.5) is 0 Å². The molecule has 1 unspecified atom stereocenters. The van der Waals surface area contributed by atoms with Crippen molar-refractivity contribution in [1.29, 1.82) is 0 Å². The minimum Gasteiger partial charge on any atom is -0.259 e. The molecule has 1 aliphatic heterocycles. The van der Waals surface area contributed by atoms with Gasteiger partial charge in [-0.2, -0.15) is 0 Å². The van der Waals surface area contributed by atoms with Crippen LogP contribution in [-0.2, 0) is 10.8 Å². The van der Waals surface area contributed by atoms with Crippen molar-refractivity contribution in [3.05, 3.63) is 12.2 Å². The van der Waals surface area contributed by atoms with E-state index in [-0.39, 0.29) is 0 Å². The van der Waals surface area contributed by atoms with E-state index < -0.39 is 10.8 Å². The predicted octanol–water partition coefficient (Wildman–Crippen LogP) is 1.09. The summed E-state index contributed by atoms with van der Waals surface area (Å²) in [5.74, 6) is 12.7. The second-order valence-electron chi connectivity index (χ2n) is 2.37. The van der Waals surface area contributed by atoms with Crippen molar-refractivity contribution in [3.63, 3.8) is 0 Å². The summed E-state index contributed by atoms with van der Waals surface area (Å²) in [6.45, 7) is 0. The lowest BCUT2D eigenvalue weighted by Crippen LogP contribution is -2.00. The highest BCUT2D eigenvalue weighted by Crippen LogP contribution is 1.92. The van der Waals surface area contributed by atoms with Gasteiger partial charge in [-0.3, -0.25) is 4.21 Å². The van der Waals surface area contributed by atoms with Crippen LogP contribution in [0.1, 0.15) is 12.8 Å². The Morgan fingerprint density at radius 1 is 1.17 bits per heavy atom. The molecule has 1 nitrogen and oxygen atoms in total. The van der Waals surface area contributed by atoms with Crippen molar-refractivity contribution in [2.75, 3.05) is 11.5 Å². The second kappa shape index (κ2) is 5.63. The van der Waals surface area contributed by atoms with E-state index in [4.69, 9.17) is 0 Å². The number of rotatable bonds is 0. The third kappa shape index (κ3) is 4.01. The van der Waals surface area contributed by atoms with Crippen LogP contribution in [0.5, 0.6) is 0 Å². The molecule has 12 heavy (non-hydrogen) atoms. The summed E-state index contributed by atoms with van der Waals surface area (Å²) in [4.78, 5) is 0. The van der Waals surface area contributed by atoms with Crippen molar-refractivity contribution in [2.45, 2.75) is 12.8 Å². The molecule has 0 saturated heterocycles. The van der Waals surface area contributed by atoms with Gasteiger partial charge in [-0.05, 0) is 18.6 Å². The molecule has 1 atom stereocenters.